The third-order valence-electron chi connectivity index (χ3n) is 3.82. The topological polar surface area (TPSA) is 30.9 Å². The summed E-state index contributed by atoms with van der Waals surface area (Å²) in [5, 5.41) is 0. The second kappa shape index (κ2) is 5.92. The normalized spacial score (nSPS) is 18.1. The van der Waals surface area contributed by atoms with Gasteiger partial charge in [0, 0.05) is 23.5 Å². The molecule has 0 aliphatic heterocycles. The molecule has 1 heterocycles. The van der Waals surface area contributed by atoms with Crippen LogP contribution in [0, 0.1) is 13.8 Å². The van der Waals surface area contributed by atoms with E-state index in [-0.39, 0.29) is 18.4 Å². The molecule has 2 N–H and O–H groups in total. The van der Waals surface area contributed by atoms with Crippen LogP contribution in [-0.2, 0) is 6.42 Å². The van der Waals surface area contributed by atoms with Crippen LogP contribution in [0.15, 0.2) is 6.07 Å². The van der Waals surface area contributed by atoms with Crippen molar-refractivity contribution in [1.29, 1.82) is 0 Å². The summed E-state index contributed by atoms with van der Waals surface area (Å²) in [7, 11) is 0. The summed E-state index contributed by atoms with van der Waals surface area (Å²) in [5.41, 5.74) is 10.2. The summed E-state index contributed by atoms with van der Waals surface area (Å²) in [5.74, 6) is 0. The molecular weight excluding hydrogens is 232 g/mol. The van der Waals surface area contributed by atoms with Crippen LogP contribution in [0.25, 0.3) is 0 Å². The molecule has 1 fully saturated rings. The standard InChI is InChI=1S/C14H24N2.ClH/c1-10(15)8-13-9-11(2)16(12(13)3)14-6-4-5-7-14;/h9-10,14H,4-8,15H2,1-3H3;1H. The van der Waals surface area contributed by atoms with Gasteiger partial charge in [-0.25, -0.2) is 0 Å². The Morgan fingerprint density at radius 3 is 2.47 bits per heavy atom. The van der Waals surface area contributed by atoms with Crippen LogP contribution in [-0.4, -0.2) is 10.6 Å². The lowest BCUT2D eigenvalue weighted by Crippen LogP contribution is -2.18. The Balaban J connectivity index is 0.00000144. The van der Waals surface area contributed by atoms with Gasteiger partial charge in [-0.2, -0.15) is 0 Å². The maximum atomic E-state index is 5.90. The van der Waals surface area contributed by atoms with Gasteiger partial charge >= 0.3 is 0 Å². The summed E-state index contributed by atoms with van der Waals surface area (Å²) in [4.78, 5) is 0. The minimum atomic E-state index is 0. The number of halogens is 1. The predicted octanol–water partition coefficient (Wildman–Crippen LogP) is 3.53. The van der Waals surface area contributed by atoms with Gasteiger partial charge in [-0.3, -0.25) is 0 Å². The van der Waals surface area contributed by atoms with Crippen molar-refractivity contribution >= 4 is 12.4 Å². The van der Waals surface area contributed by atoms with Gasteiger partial charge in [-0.05, 0) is 51.7 Å². The number of aromatic nitrogens is 1. The van der Waals surface area contributed by atoms with E-state index in [0.29, 0.717) is 0 Å². The number of hydrogen-bond acceptors (Lipinski definition) is 1. The van der Waals surface area contributed by atoms with E-state index < -0.39 is 0 Å². The lowest BCUT2D eigenvalue weighted by molar-refractivity contribution is 0.498. The SMILES string of the molecule is Cc1cc(CC(C)N)c(C)n1C1CCCC1.Cl. The number of hydrogen-bond donors (Lipinski definition) is 1. The largest absolute Gasteiger partial charge is 0.346 e. The Bertz CT molecular complexity index is 363. The molecule has 2 nitrogen and oxygen atoms in total. The van der Waals surface area contributed by atoms with Crippen LogP contribution < -0.4 is 5.73 Å². The molecule has 0 bridgehead atoms. The second-order valence-corrected chi connectivity index (χ2v) is 5.39. The summed E-state index contributed by atoms with van der Waals surface area (Å²) >= 11 is 0. The van der Waals surface area contributed by atoms with Gasteiger partial charge in [-0.15, -0.1) is 12.4 Å². The molecule has 1 unspecified atom stereocenters. The predicted molar refractivity (Wildman–Crippen MR) is 76.0 cm³/mol. The number of rotatable bonds is 3. The molecule has 1 aliphatic rings. The zero-order chi connectivity index (χ0) is 11.7. The molecule has 1 atom stereocenters. The van der Waals surface area contributed by atoms with Gasteiger partial charge in [0.25, 0.3) is 0 Å². The van der Waals surface area contributed by atoms with E-state index in [4.69, 9.17) is 5.73 Å². The molecule has 1 aliphatic carbocycles. The first kappa shape index (κ1) is 14.6. The lowest BCUT2D eigenvalue weighted by Gasteiger charge is -2.17. The highest BCUT2D eigenvalue weighted by Gasteiger charge is 2.21. The zero-order valence-corrected chi connectivity index (χ0v) is 12.0. The molecule has 0 spiro atoms. The van der Waals surface area contributed by atoms with Gasteiger partial charge in [0.15, 0.2) is 0 Å². The van der Waals surface area contributed by atoms with Crippen molar-refractivity contribution in [2.45, 2.75) is 65.0 Å². The summed E-state index contributed by atoms with van der Waals surface area (Å²) in [6, 6.07) is 3.34. The Kier molecular flexibility index (Phi) is 5.08. The molecule has 17 heavy (non-hydrogen) atoms. The van der Waals surface area contributed by atoms with Crippen molar-refractivity contribution in [1.82, 2.24) is 4.57 Å². The van der Waals surface area contributed by atoms with Crippen molar-refractivity contribution in [3.63, 3.8) is 0 Å². The average Bonchev–Trinajstić information content (AvgIpc) is 2.76. The van der Waals surface area contributed by atoms with Crippen molar-refractivity contribution in [2.75, 3.05) is 0 Å². The molecule has 1 saturated carbocycles. The highest BCUT2D eigenvalue weighted by atomic mass is 35.5. The number of aryl methyl sites for hydroxylation is 1. The fourth-order valence-electron chi connectivity index (χ4n) is 3.12. The first-order chi connectivity index (χ1) is 7.59. The number of nitrogens with two attached hydrogens (primary N) is 1. The summed E-state index contributed by atoms with van der Waals surface area (Å²) < 4.78 is 2.55. The maximum Gasteiger partial charge on any atom is 0.0335 e. The van der Waals surface area contributed by atoms with E-state index in [1.807, 2.05) is 0 Å². The van der Waals surface area contributed by atoms with Gasteiger partial charge in [-0.1, -0.05) is 12.8 Å². The quantitative estimate of drug-likeness (QED) is 0.881. The van der Waals surface area contributed by atoms with E-state index >= 15 is 0 Å². The van der Waals surface area contributed by atoms with Gasteiger partial charge in [0.1, 0.15) is 0 Å². The highest BCUT2D eigenvalue weighted by molar-refractivity contribution is 5.85. The molecule has 1 aromatic heterocycles. The van der Waals surface area contributed by atoms with Crippen LogP contribution >= 0.6 is 12.4 Å². The molecular formula is C14H25ClN2. The first-order valence-corrected chi connectivity index (χ1v) is 6.52. The Morgan fingerprint density at radius 1 is 1.35 bits per heavy atom. The van der Waals surface area contributed by atoms with Crippen molar-refractivity contribution in [3.8, 4) is 0 Å². The highest BCUT2D eigenvalue weighted by Crippen LogP contribution is 2.33. The Labute approximate surface area is 111 Å². The molecule has 2 rings (SSSR count). The smallest absolute Gasteiger partial charge is 0.0335 e. The minimum absolute atomic E-state index is 0. The van der Waals surface area contributed by atoms with E-state index in [1.54, 1.807) is 0 Å². The molecule has 3 heteroatoms. The van der Waals surface area contributed by atoms with Crippen LogP contribution in [0.4, 0.5) is 0 Å². The van der Waals surface area contributed by atoms with E-state index in [2.05, 4.69) is 31.4 Å². The Morgan fingerprint density at radius 2 is 1.94 bits per heavy atom. The molecule has 1 aromatic rings. The van der Waals surface area contributed by atoms with Crippen molar-refractivity contribution in [3.05, 3.63) is 23.0 Å². The third kappa shape index (κ3) is 3.05. The van der Waals surface area contributed by atoms with Crippen LogP contribution in [0.5, 0.6) is 0 Å². The fourth-order valence-corrected chi connectivity index (χ4v) is 3.12. The van der Waals surface area contributed by atoms with Crippen molar-refractivity contribution in [2.24, 2.45) is 5.73 Å². The summed E-state index contributed by atoms with van der Waals surface area (Å²) in [6.07, 6.45) is 6.50. The van der Waals surface area contributed by atoms with Crippen molar-refractivity contribution < 1.29 is 0 Å². The fraction of sp³-hybridized carbons (Fsp3) is 0.714. The second-order valence-electron chi connectivity index (χ2n) is 5.39. The molecule has 98 valence electrons. The van der Waals surface area contributed by atoms with E-state index in [9.17, 15) is 0 Å². The molecule has 0 radical (unpaired) electrons. The van der Waals surface area contributed by atoms with Gasteiger partial charge in [0.2, 0.25) is 0 Å². The van der Waals surface area contributed by atoms with Crippen LogP contribution in [0.3, 0.4) is 0 Å². The third-order valence-corrected chi connectivity index (χ3v) is 3.82. The van der Waals surface area contributed by atoms with Gasteiger partial charge < -0.3 is 10.3 Å². The van der Waals surface area contributed by atoms with Crippen LogP contribution in [0.2, 0.25) is 0 Å². The lowest BCUT2D eigenvalue weighted by atomic mass is 10.1. The summed E-state index contributed by atoms with van der Waals surface area (Å²) in [6.45, 7) is 6.57. The monoisotopic (exact) mass is 256 g/mol. The Hall–Kier alpha value is -0.470. The van der Waals surface area contributed by atoms with Crippen LogP contribution in [0.1, 0.15) is 55.6 Å². The molecule has 0 amide bonds. The molecule has 0 aromatic carbocycles. The molecule has 0 saturated heterocycles. The first-order valence-electron chi connectivity index (χ1n) is 6.52. The number of nitrogens with zero attached hydrogens (tertiary/aromatic N) is 1. The van der Waals surface area contributed by atoms with E-state index in [0.717, 1.165) is 12.5 Å². The maximum absolute atomic E-state index is 5.90. The zero-order valence-electron chi connectivity index (χ0n) is 11.2. The minimum Gasteiger partial charge on any atom is -0.346 e. The average molecular weight is 257 g/mol. The van der Waals surface area contributed by atoms with Gasteiger partial charge in [0.05, 0.1) is 0 Å². The van der Waals surface area contributed by atoms with E-state index in [1.165, 1.54) is 42.6 Å².